The molecule has 0 spiro atoms. The van der Waals surface area contributed by atoms with Gasteiger partial charge in [-0.3, -0.25) is 9.59 Å². The maximum absolute atomic E-state index is 12.6. The third-order valence-corrected chi connectivity index (χ3v) is 5.75. The summed E-state index contributed by atoms with van der Waals surface area (Å²) in [6, 6.07) is 14.9. The Morgan fingerprint density at radius 2 is 1.67 bits per heavy atom. The average molecular weight is 410 g/mol. The predicted molar refractivity (Wildman–Crippen MR) is 120 cm³/mol. The molecule has 2 amide bonds. The van der Waals surface area contributed by atoms with Crippen molar-refractivity contribution >= 4 is 23.2 Å². The number of anilines is 2. The van der Waals surface area contributed by atoms with Gasteiger partial charge in [-0.15, -0.1) is 0 Å². The van der Waals surface area contributed by atoms with E-state index in [1.54, 1.807) is 25.3 Å². The Balaban J connectivity index is 1.56. The SMILES string of the molecule is CCC(CC)C(=O)N1CCN(c2ccc(NC(=O)c3cccc(OC)c3)cc2)CC1. The summed E-state index contributed by atoms with van der Waals surface area (Å²) in [4.78, 5) is 29.3. The Kier molecular flexibility index (Phi) is 7.33. The third-order valence-electron chi connectivity index (χ3n) is 5.75. The van der Waals surface area contributed by atoms with Gasteiger partial charge in [0.2, 0.25) is 5.91 Å². The van der Waals surface area contributed by atoms with Crippen LogP contribution in [-0.2, 0) is 4.79 Å². The lowest BCUT2D eigenvalue weighted by atomic mass is 10.0. The van der Waals surface area contributed by atoms with Gasteiger partial charge < -0.3 is 19.9 Å². The van der Waals surface area contributed by atoms with Crippen LogP contribution < -0.4 is 15.0 Å². The smallest absolute Gasteiger partial charge is 0.255 e. The fourth-order valence-corrected chi connectivity index (χ4v) is 3.80. The molecular weight excluding hydrogens is 378 g/mol. The number of benzene rings is 2. The highest BCUT2D eigenvalue weighted by molar-refractivity contribution is 6.04. The van der Waals surface area contributed by atoms with Crippen LogP contribution in [0.5, 0.6) is 5.75 Å². The number of carbonyl (C=O) groups excluding carboxylic acids is 2. The normalized spacial score (nSPS) is 14.0. The van der Waals surface area contributed by atoms with E-state index in [0.717, 1.165) is 50.4 Å². The molecule has 6 nitrogen and oxygen atoms in total. The van der Waals surface area contributed by atoms with Gasteiger partial charge >= 0.3 is 0 Å². The minimum Gasteiger partial charge on any atom is -0.497 e. The van der Waals surface area contributed by atoms with Gasteiger partial charge in [0.15, 0.2) is 0 Å². The number of ether oxygens (including phenoxy) is 1. The van der Waals surface area contributed by atoms with E-state index in [0.29, 0.717) is 11.3 Å². The van der Waals surface area contributed by atoms with E-state index in [-0.39, 0.29) is 17.7 Å². The molecule has 3 rings (SSSR count). The second-order valence-electron chi connectivity index (χ2n) is 7.56. The second-order valence-corrected chi connectivity index (χ2v) is 7.56. The Bertz CT molecular complexity index is 854. The van der Waals surface area contributed by atoms with Crippen molar-refractivity contribution < 1.29 is 14.3 Å². The maximum Gasteiger partial charge on any atom is 0.255 e. The Morgan fingerprint density at radius 1 is 1.00 bits per heavy atom. The van der Waals surface area contributed by atoms with Crippen molar-refractivity contribution in [2.45, 2.75) is 26.7 Å². The van der Waals surface area contributed by atoms with Gasteiger partial charge in [0.05, 0.1) is 7.11 Å². The van der Waals surface area contributed by atoms with Crippen molar-refractivity contribution in [2.75, 3.05) is 43.5 Å². The summed E-state index contributed by atoms with van der Waals surface area (Å²) in [5.41, 5.74) is 2.40. The topological polar surface area (TPSA) is 61.9 Å². The number of amides is 2. The first kappa shape index (κ1) is 21.7. The van der Waals surface area contributed by atoms with E-state index in [1.807, 2.05) is 35.2 Å². The molecular formula is C24H31N3O3. The van der Waals surface area contributed by atoms with Crippen molar-refractivity contribution in [1.82, 2.24) is 4.90 Å². The number of nitrogens with zero attached hydrogens (tertiary/aromatic N) is 2. The number of hydrogen-bond acceptors (Lipinski definition) is 4. The molecule has 160 valence electrons. The molecule has 0 saturated carbocycles. The van der Waals surface area contributed by atoms with Crippen LogP contribution in [0.25, 0.3) is 0 Å². The van der Waals surface area contributed by atoms with Gasteiger partial charge in [0.1, 0.15) is 5.75 Å². The van der Waals surface area contributed by atoms with Crippen molar-refractivity contribution in [2.24, 2.45) is 5.92 Å². The van der Waals surface area contributed by atoms with Crippen LogP contribution >= 0.6 is 0 Å². The lowest BCUT2D eigenvalue weighted by Crippen LogP contribution is -2.50. The highest BCUT2D eigenvalue weighted by atomic mass is 16.5. The van der Waals surface area contributed by atoms with Gasteiger partial charge in [0, 0.05) is 49.0 Å². The van der Waals surface area contributed by atoms with E-state index >= 15 is 0 Å². The molecule has 1 saturated heterocycles. The van der Waals surface area contributed by atoms with Crippen molar-refractivity contribution in [1.29, 1.82) is 0 Å². The number of hydrogen-bond donors (Lipinski definition) is 1. The first-order valence-corrected chi connectivity index (χ1v) is 10.6. The molecule has 1 aliphatic heterocycles. The molecule has 2 aromatic carbocycles. The molecule has 30 heavy (non-hydrogen) atoms. The van der Waals surface area contributed by atoms with Crippen LogP contribution in [0.1, 0.15) is 37.0 Å². The van der Waals surface area contributed by atoms with Gasteiger partial charge in [-0.1, -0.05) is 19.9 Å². The largest absolute Gasteiger partial charge is 0.497 e. The van der Waals surface area contributed by atoms with E-state index < -0.39 is 0 Å². The summed E-state index contributed by atoms with van der Waals surface area (Å²) >= 11 is 0. The molecule has 1 heterocycles. The molecule has 1 aliphatic rings. The second kappa shape index (κ2) is 10.1. The molecule has 0 aliphatic carbocycles. The standard InChI is InChI=1S/C24H31N3O3/c1-4-18(5-2)24(29)27-15-13-26(14-16-27)21-11-9-20(10-12-21)25-23(28)19-7-6-8-22(17-19)30-3/h6-12,17-18H,4-5,13-16H2,1-3H3,(H,25,28). The number of rotatable bonds is 7. The van der Waals surface area contributed by atoms with E-state index in [1.165, 1.54) is 0 Å². The number of nitrogens with one attached hydrogen (secondary N) is 1. The summed E-state index contributed by atoms with van der Waals surface area (Å²) in [5.74, 6) is 0.911. The minimum atomic E-state index is -0.171. The molecule has 0 aromatic heterocycles. The summed E-state index contributed by atoms with van der Waals surface area (Å²) in [5, 5.41) is 2.92. The highest BCUT2D eigenvalue weighted by Crippen LogP contribution is 2.22. The average Bonchev–Trinajstić information content (AvgIpc) is 2.80. The zero-order chi connectivity index (χ0) is 21.5. The van der Waals surface area contributed by atoms with Crippen molar-refractivity contribution in [3.05, 3.63) is 54.1 Å². The first-order chi connectivity index (χ1) is 14.5. The van der Waals surface area contributed by atoms with Crippen LogP contribution in [0.2, 0.25) is 0 Å². The molecule has 0 radical (unpaired) electrons. The summed E-state index contributed by atoms with van der Waals surface area (Å²) in [6.07, 6.45) is 1.80. The zero-order valence-electron chi connectivity index (χ0n) is 18.1. The van der Waals surface area contributed by atoms with Crippen LogP contribution in [0.3, 0.4) is 0 Å². The molecule has 0 bridgehead atoms. The monoisotopic (exact) mass is 409 g/mol. The van der Waals surface area contributed by atoms with Crippen LogP contribution in [0.4, 0.5) is 11.4 Å². The van der Waals surface area contributed by atoms with E-state index in [2.05, 4.69) is 24.1 Å². The minimum absolute atomic E-state index is 0.143. The molecule has 0 atom stereocenters. The summed E-state index contributed by atoms with van der Waals surface area (Å²) in [6.45, 7) is 7.31. The van der Waals surface area contributed by atoms with Crippen LogP contribution in [0, 0.1) is 5.92 Å². The maximum atomic E-state index is 12.6. The molecule has 1 N–H and O–H groups in total. The predicted octanol–water partition coefficient (Wildman–Crippen LogP) is 4.03. The molecule has 6 heteroatoms. The van der Waals surface area contributed by atoms with E-state index in [4.69, 9.17) is 4.74 Å². The molecule has 2 aromatic rings. The van der Waals surface area contributed by atoms with E-state index in [9.17, 15) is 9.59 Å². The van der Waals surface area contributed by atoms with Crippen molar-refractivity contribution in [3.63, 3.8) is 0 Å². The molecule has 1 fully saturated rings. The van der Waals surface area contributed by atoms with Gasteiger partial charge in [0.25, 0.3) is 5.91 Å². The Hall–Kier alpha value is -3.02. The fraction of sp³-hybridized carbons (Fsp3) is 0.417. The van der Waals surface area contributed by atoms with Crippen LogP contribution in [0.15, 0.2) is 48.5 Å². The first-order valence-electron chi connectivity index (χ1n) is 10.6. The van der Waals surface area contributed by atoms with Crippen LogP contribution in [-0.4, -0.2) is 50.0 Å². The number of methoxy groups -OCH3 is 1. The quantitative estimate of drug-likeness (QED) is 0.750. The molecule has 0 unspecified atom stereocenters. The Labute approximate surface area is 178 Å². The lowest BCUT2D eigenvalue weighted by molar-refractivity contribution is -0.136. The Morgan fingerprint density at radius 3 is 2.27 bits per heavy atom. The van der Waals surface area contributed by atoms with Gasteiger partial charge in [-0.25, -0.2) is 0 Å². The highest BCUT2D eigenvalue weighted by Gasteiger charge is 2.25. The fourth-order valence-electron chi connectivity index (χ4n) is 3.80. The summed E-state index contributed by atoms with van der Waals surface area (Å²) in [7, 11) is 1.58. The summed E-state index contributed by atoms with van der Waals surface area (Å²) < 4.78 is 5.18. The van der Waals surface area contributed by atoms with Gasteiger partial charge in [-0.2, -0.15) is 0 Å². The van der Waals surface area contributed by atoms with Crippen molar-refractivity contribution in [3.8, 4) is 5.75 Å². The zero-order valence-corrected chi connectivity index (χ0v) is 18.1. The third kappa shape index (κ3) is 5.12. The van der Waals surface area contributed by atoms with Gasteiger partial charge in [-0.05, 0) is 55.3 Å². The number of carbonyl (C=O) groups is 2. The lowest BCUT2D eigenvalue weighted by Gasteiger charge is -2.37. The number of piperazine rings is 1.